The van der Waals surface area contributed by atoms with Crippen molar-refractivity contribution in [3.63, 3.8) is 0 Å². The van der Waals surface area contributed by atoms with Gasteiger partial charge in [0.05, 0.1) is 6.54 Å². The zero-order chi connectivity index (χ0) is 21.6. The molecular weight excluding hydrogens is 392 g/mol. The molecule has 1 aliphatic heterocycles. The third-order valence-corrected chi connectivity index (χ3v) is 5.30. The molecule has 2 aromatic carbocycles. The Morgan fingerprint density at radius 3 is 2.52 bits per heavy atom. The van der Waals surface area contributed by atoms with Gasteiger partial charge in [-0.1, -0.05) is 60.7 Å². The number of aromatic nitrogens is 2. The van der Waals surface area contributed by atoms with E-state index in [1.807, 2.05) is 53.1 Å². The standard InChI is InChI=1S/C24H26N4O3/c1-27(17-18-10-4-2-5-11-18)24(30)31-23-22(26-21-14-8-9-15-28(21)23)25-16-20(29)19-12-6-3-7-13-19/h2-7,10-13,25H,8-9,14-17H2,1H3. The van der Waals surface area contributed by atoms with Gasteiger partial charge < -0.3 is 15.0 Å². The van der Waals surface area contributed by atoms with Gasteiger partial charge in [-0.05, 0) is 18.4 Å². The predicted octanol–water partition coefficient (Wildman–Crippen LogP) is 4.15. The summed E-state index contributed by atoms with van der Waals surface area (Å²) in [6.45, 7) is 1.25. The Kier molecular flexibility index (Phi) is 6.31. The highest BCUT2D eigenvalue weighted by Gasteiger charge is 2.25. The number of carbonyl (C=O) groups excluding carboxylic acids is 2. The molecule has 1 aliphatic rings. The molecule has 0 saturated heterocycles. The van der Waals surface area contributed by atoms with Crippen LogP contribution in [0.3, 0.4) is 0 Å². The smallest absolute Gasteiger partial charge is 0.389 e. The van der Waals surface area contributed by atoms with E-state index >= 15 is 0 Å². The second-order valence-corrected chi connectivity index (χ2v) is 7.64. The van der Waals surface area contributed by atoms with Gasteiger partial charge in [0.15, 0.2) is 11.6 Å². The number of hydrogen-bond acceptors (Lipinski definition) is 5. The number of imidazole rings is 1. The lowest BCUT2D eigenvalue weighted by Crippen LogP contribution is -2.30. The van der Waals surface area contributed by atoms with Gasteiger partial charge in [-0.2, -0.15) is 0 Å². The lowest BCUT2D eigenvalue weighted by molar-refractivity contribution is 0.101. The monoisotopic (exact) mass is 418 g/mol. The predicted molar refractivity (Wildman–Crippen MR) is 118 cm³/mol. The number of anilines is 1. The minimum absolute atomic E-state index is 0.0509. The Hall–Kier alpha value is -3.61. The molecule has 1 aromatic heterocycles. The van der Waals surface area contributed by atoms with Crippen LogP contribution in [0.5, 0.6) is 5.88 Å². The van der Waals surface area contributed by atoms with Gasteiger partial charge in [-0.25, -0.2) is 9.78 Å². The first-order chi connectivity index (χ1) is 15.1. The number of aryl methyl sites for hydroxylation is 1. The van der Waals surface area contributed by atoms with Crippen LogP contribution in [0, 0.1) is 0 Å². The molecule has 0 fully saturated rings. The molecular formula is C24H26N4O3. The molecule has 160 valence electrons. The maximum absolute atomic E-state index is 12.8. The number of Topliss-reactive ketones (excluding diaryl/α,β-unsaturated/α-hetero) is 1. The second-order valence-electron chi connectivity index (χ2n) is 7.64. The fourth-order valence-corrected chi connectivity index (χ4v) is 3.65. The molecule has 0 aliphatic carbocycles. The number of nitrogens with one attached hydrogen (secondary N) is 1. The highest BCUT2D eigenvalue weighted by Crippen LogP contribution is 2.30. The van der Waals surface area contributed by atoms with E-state index in [1.165, 1.54) is 4.90 Å². The lowest BCUT2D eigenvalue weighted by Gasteiger charge is -2.20. The van der Waals surface area contributed by atoms with Crippen molar-refractivity contribution in [2.24, 2.45) is 0 Å². The number of benzene rings is 2. The van der Waals surface area contributed by atoms with Crippen molar-refractivity contribution in [2.75, 3.05) is 18.9 Å². The molecule has 1 amide bonds. The maximum atomic E-state index is 12.8. The van der Waals surface area contributed by atoms with Gasteiger partial charge in [0, 0.05) is 32.1 Å². The fourth-order valence-electron chi connectivity index (χ4n) is 3.65. The second kappa shape index (κ2) is 9.47. The summed E-state index contributed by atoms with van der Waals surface area (Å²) in [6, 6.07) is 18.8. The minimum Gasteiger partial charge on any atom is -0.389 e. The van der Waals surface area contributed by atoms with Gasteiger partial charge in [0.2, 0.25) is 5.88 Å². The van der Waals surface area contributed by atoms with Crippen molar-refractivity contribution in [1.29, 1.82) is 0 Å². The lowest BCUT2D eigenvalue weighted by atomic mass is 10.1. The van der Waals surface area contributed by atoms with Crippen LogP contribution >= 0.6 is 0 Å². The zero-order valence-corrected chi connectivity index (χ0v) is 17.6. The van der Waals surface area contributed by atoms with Gasteiger partial charge in [-0.3, -0.25) is 9.36 Å². The summed E-state index contributed by atoms with van der Waals surface area (Å²) in [6.07, 6.45) is 2.39. The van der Waals surface area contributed by atoms with Crippen LogP contribution in [0.1, 0.15) is 34.6 Å². The third-order valence-electron chi connectivity index (χ3n) is 5.30. The molecule has 1 N–H and O–H groups in total. The molecule has 31 heavy (non-hydrogen) atoms. The van der Waals surface area contributed by atoms with Crippen LogP contribution in [-0.2, 0) is 19.5 Å². The largest absolute Gasteiger partial charge is 0.416 e. The van der Waals surface area contributed by atoms with E-state index in [1.54, 1.807) is 19.2 Å². The average Bonchev–Trinajstić information content (AvgIpc) is 3.16. The van der Waals surface area contributed by atoms with Crippen LogP contribution in [0.15, 0.2) is 60.7 Å². The van der Waals surface area contributed by atoms with Gasteiger partial charge in [0.1, 0.15) is 5.82 Å². The average molecular weight is 418 g/mol. The molecule has 0 bridgehead atoms. The van der Waals surface area contributed by atoms with E-state index in [4.69, 9.17) is 4.74 Å². The summed E-state index contributed by atoms with van der Waals surface area (Å²) in [7, 11) is 1.70. The molecule has 0 spiro atoms. The first-order valence-corrected chi connectivity index (χ1v) is 10.5. The first kappa shape index (κ1) is 20.7. The normalized spacial score (nSPS) is 12.7. The van der Waals surface area contributed by atoms with E-state index in [-0.39, 0.29) is 12.3 Å². The Morgan fingerprint density at radius 2 is 1.77 bits per heavy atom. The molecule has 0 radical (unpaired) electrons. The van der Waals surface area contributed by atoms with Crippen molar-refractivity contribution in [2.45, 2.75) is 32.4 Å². The quantitative estimate of drug-likeness (QED) is 0.584. The van der Waals surface area contributed by atoms with E-state index in [0.717, 1.165) is 37.2 Å². The van der Waals surface area contributed by atoms with Crippen LogP contribution in [0.4, 0.5) is 10.6 Å². The summed E-state index contributed by atoms with van der Waals surface area (Å²) in [5, 5.41) is 3.09. The minimum atomic E-state index is -0.463. The summed E-state index contributed by atoms with van der Waals surface area (Å²) in [4.78, 5) is 31.4. The number of hydrogen-bond donors (Lipinski definition) is 1. The van der Waals surface area contributed by atoms with Crippen molar-refractivity contribution in [1.82, 2.24) is 14.5 Å². The topological polar surface area (TPSA) is 76.5 Å². The summed E-state index contributed by atoms with van der Waals surface area (Å²) >= 11 is 0. The molecule has 3 aromatic rings. The van der Waals surface area contributed by atoms with E-state index in [9.17, 15) is 9.59 Å². The number of carbonyl (C=O) groups is 2. The number of ether oxygens (including phenoxy) is 1. The summed E-state index contributed by atoms with van der Waals surface area (Å²) in [5.74, 6) is 1.63. The number of fused-ring (bicyclic) bond motifs is 1. The molecule has 7 nitrogen and oxygen atoms in total. The summed E-state index contributed by atoms with van der Waals surface area (Å²) in [5.41, 5.74) is 1.64. The van der Waals surface area contributed by atoms with E-state index < -0.39 is 6.09 Å². The van der Waals surface area contributed by atoms with E-state index in [2.05, 4.69) is 10.3 Å². The van der Waals surface area contributed by atoms with Crippen LogP contribution in [-0.4, -0.2) is 39.9 Å². The molecule has 4 rings (SSSR count). The van der Waals surface area contributed by atoms with Crippen molar-refractivity contribution >= 4 is 17.7 Å². The Labute approximate surface area is 181 Å². The van der Waals surface area contributed by atoms with Crippen LogP contribution in [0.2, 0.25) is 0 Å². The molecule has 0 saturated carbocycles. The third kappa shape index (κ3) is 4.94. The molecule has 2 heterocycles. The maximum Gasteiger partial charge on any atom is 0.416 e. The number of amides is 1. The molecule has 0 unspecified atom stereocenters. The van der Waals surface area contributed by atoms with Crippen molar-refractivity contribution < 1.29 is 14.3 Å². The first-order valence-electron chi connectivity index (χ1n) is 10.5. The number of ketones is 1. The van der Waals surface area contributed by atoms with Crippen LogP contribution in [0.25, 0.3) is 0 Å². The zero-order valence-electron chi connectivity index (χ0n) is 17.6. The van der Waals surface area contributed by atoms with Gasteiger partial charge in [-0.15, -0.1) is 0 Å². The van der Waals surface area contributed by atoms with Crippen molar-refractivity contribution in [3.8, 4) is 5.88 Å². The molecule has 0 atom stereocenters. The Balaban J connectivity index is 1.48. The fraction of sp³-hybridized carbons (Fsp3) is 0.292. The molecule has 7 heteroatoms. The van der Waals surface area contributed by atoms with Gasteiger partial charge >= 0.3 is 6.09 Å². The Morgan fingerprint density at radius 1 is 1.06 bits per heavy atom. The van der Waals surface area contributed by atoms with Crippen LogP contribution < -0.4 is 10.1 Å². The highest BCUT2D eigenvalue weighted by molar-refractivity contribution is 5.99. The summed E-state index contributed by atoms with van der Waals surface area (Å²) < 4.78 is 7.71. The van der Waals surface area contributed by atoms with Gasteiger partial charge in [0.25, 0.3) is 0 Å². The Bertz CT molecular complexity index is 1050. The van der Waals surface area contributed by atoms with E-state index in [0.29, 0.717) is 23.8 Å². The number of nitrogens with zero attached hydrogens (tertiary/aromatic N) is 3. The SMILES string of the molecule is CN(Cc1ccccc1)C(=O)Oc1c(NCC(=O)c2ccccc2)nc2n1CCCC2. The van der Waals surface area contributed by atoms with Crippen molar-refractivity contribution in [3.05, 3.63) is 77.6 Å². The highest BCUT2D eigenvalue weighted by atomic mass is 16.6. The number of rotatable bonds is 7.